The maximum Gasteiger partial charge on any atom is 0.303 e. The SMILES string of the molecule is O=C(O)CCC/C=C\C[C@H]1CC[C@@H](CO)[C@@H]1/C=C/C(O)CCc1sc2ccccc2c1Cl. The fraction of sp³-hybridized carbons (Fsp3) is 0.500. The van der Waals surface area contributed by atoms with E-state index in [4.69, 9.17) is 16.7 Å². The number of thiophene rings is 1. The van der Waals surface area contributed by atoms with Gasteiger partial charge in [0.15, 0.2) is 0 Å². The molecular weight excluding hydrogens is 444 g/mol. The third-order valence-electron chi connectivity index (χ3n) is 6.42. The molecule has 1 aromatic carbocycles. The van der Waals surface area contributed by atoms with Gasteiger partial charge < -0.3 is 15.3 Å². The average molecular weight is 477 g/mol. The Hall–Kier alpha value is -1.66. The largest absolute Gasteiger partial charge is 0.481 e. The number of halogens is 1. The highest BCUT2D eigenvalue weighted by molar-refractivity contribution is 7.19. The second-order valence-corrected chi connectivity index (χ2v) is 10.2. The van der Waals surface area contributed by atoms with Crippen molar-refractivity contribution in [3.63, 3.8) is 0 Å². The molecule has 0 radical (unpaired) electrons. The van der Waals surface area contributed by atoms with Crippen LogP contribution in [0.2, 0.25) is 5.02 Å². The van der Waals surface area contributed by atoms with Crippen LogP contribution in [0.4, 0.5) is 0 Å². The van der Waals surface area contributed by atoms with Crippen molar-refractivity contribution in [2.45, 2.75) is 57.5 Å². The maximum atomic E-state index is 10.6. The van der Waals surface area contributed by atoms with Crippen LogP contribution in [-0.2, 0) is 11.2 Å². The number of fused-ring (bicyclic) bond motifs is 1. The zero-order valence-electron chi connectivity index (χ0n) is 18.3. The monoisotopic (exact) mass is 476 g/mol. The molecule has 1 saturated carbocycles. The third kappa shape index (κ3) is 6.92. The second-order valence-electron chi connectivity index (χ2n) is 8.68. The minimum Gasteiger partial charge on any atom is -0.481 e. The summed E-state index contributed by atoms with van der Waals surface area (Å²) in [6.07, 6.45) is 13.7. The van der Waals surface area contributed by atoms with E-state index in [1.54, 1.807) is 11.3 Å². The van der Waals surface area contributed by atoms with Gasteiger partial charge in [-0.1, -0.05) is 54.1 Å². The molecule has 2 aromatic rings. The van der Waals surface area contributed by atoms with Gasteiger partial charge in [0, 0.05) is 28.0 Å². The van der Waals surface area contributed by atoms with Gasteiger partial charge in [-0.15, -0.1) is 11.3 Å². The summed E-state index contributed by atoms with van der Waals surface area (Å²) in [4.78, 5) is 11.7. The van der Waals surface area contributed by atoms with Crippen molar-refractivity contribution >= 4 is 39.0 Å². The van der Waals surface area contributed by atoms with E-state index in [0.717, 1.165) is 47.4 Å². The van der Waals surface area contributed by atoms with Crippen LogP contribution in [0.25, 0.3) is 10.1 Å². The first kappa shape index (κ1) is 25.0. The number of aliphatic hydroxyl groups is 2. The van der Waals surface area contributed by atoms with E-state index in [1.165, 1.54) is 4.70 Å². The summed E-state index contributed by atoms with van der Waals surface area (Å²) in [5.41, 5.74) is 0. The molecule has 0 amide bonds. The highest BCUT2D eigenvalue weighted by Crippen LogP contribution is 2.40. The highest BCUT2D eigenvalue weighted by atomic mass is 35.5. The number of aliphatic carboxylic acids is 1. The number of allylic oxidation sites excluding steroid dienone is 3. The highest BCUT2D eigenvalue weighted by Gasteiger charge is 2.33. The molecule has 6 heteroatoms. The van der Waals surface area contributed by atoms with E-state index in [9.17, 15) is 15.0 Å². The van der Waals surface area contributed by atoms with Crippen LogP contribution in [0.1, 0.15) is 49.8 Å². The molecule has 0 aliphatic heterocycles. The Kier molecular flexibility index (Phi) is 9.79. The zero-order chi connectivity index (χ0) is 22.9. The Bertz CT molecular complexity index is 935. The molecule has 1 unspecified atom stereocenters. The van der Waals surface area contributed by atoms with Gasteiger partial charge >= 0.3 is 5.97 Å². The van der Waals surface area contributed by atoms with E-state index in [1.807, 2.05) is 24.3 Å². The van der Waals surface area contributed by atoms with Gasteiger partial charge in [-0.25, -0.2) is 0 Å². The lowest BCUT2D eigenvalue weighted by atomic mass is 9.86. The van der Waals surface area contributed by atoms with Crippen molar-refractivity contribution in [1.82, 2.24) is 0 Å². The number of carboxylic acids is 1. The van der Waals surface area contributed by atoms with Crippen molar-refractivity contribution in [2.24, 2.45) is 17.8 Å². The van der Waals surface area contributed by atoms with Gasteiger partial charge in [-0.3, -0.25) is 4.79 Å². The number of unbranched alkanes of at least 4 members (excludes halogenated alkanes) is 1. The van der Waals surface area contributed by atoms with Crippen molar-refractivity contribution in [3.05, 3.63) is 58.5 Å². The summed E-state index contributed by atoms with van der Waals surface area (Å²) in [6, 6.07) is 8.10. The molecular formula is C26H33ClO4S. The van der Waals surface area contributed by atoms with E-state index < -0.39 is 12.1 Å². The standard InChI is InChI=1S/C26H33ClO4S/c27-26-22-8-5-6-9-23(22)32-24(26)16-14-20(29)13-15-21-18(11-12-19(21)17-28)7-3-1-2-4-10-25(30)31/h1,3,5-6,8-9,13,15,18-21,28-29H,2,4,7,10-12,14,16-17H2,(H,30,31)/b3-1-,15-13+/t18-,19-,20?,21+/m0/s1. The molecule has 1 aromatic heterocycles. The molecule has 1 heterocycles. The van der Waals surface area contributed by atoms with Crippen LogP contribution in [0, 0.1) is 17.8 Å². The van der Waals surface area contributed by atoms with Gasteiger partial charge in [-0.2, -0.15) is 0 Å². The first-order valence-electron chi connectivity index (χ1n) is 11.5. The van der Waals surface area contributed by atoms with Gasteiger partial charge in [0.1, 0.15) is 0 Å². The molecule has 1 aliphatic rings. The number of carbonyl (C=O) groups is 1. The van der Waals surface area contributed by atoms with E-state index in [2.05, 4.69) is 24.3 Å². The molecule has 4 atom stereocenters. The van der Waals surface area contributed by atoms with Crippen LogP contribution < -0.4 is 0 Å². The van der Waals surface area contributed by atoms with Gasteiger partial charge in [0.25, 0.3) is 0 Å². The lowest BCUT2D eigenvalue weighted by molar-refractivity contribution is -0.137. The fourth-order valence-electron chi connectivity index (χ4n) is 4.62. The number of rotatable bonds is 12. The number of hydrogen-bond acceptors (Lipinski definition) is 4. The maximum absolute atomic E-state index is 10.6. The van der Waals surface area contributed by atoms with Crippen LogP contribution in [0.3, 0.4) is 0 Å². The zero-order valence-corrected chi connectivity index (χ0v) is 19.9. The molecule has 0 saturated heterocycles. The van der Waals surface area contributed by atoms with E-state index >= 15 is 0 Å². The summed E-state index contributed by atoms with van der Waals surface area (Å²) >= 11 is 8.21. The van der Waals surface area contributed by atoms with E-state index in [-0.39, 0.29) is 24.9 Å². The smallest absolute Gasteiger partial charge is 0.303 e. The minimum atomic E-state index is -0.752. The Labute approximate surface area is 199 Å². The number of aryl methyl sites for hydroxylation is 1. The second kappa shape index (κ2) is 12.5. The fourth-order valence-corrected chi connectivity index (χ4v) is 6.16. The molecule has 4 nitrogen and oxygen atoms in total. The Morgan fingerprint density at radius 2 is 2.00 bits per heavy atom. The average Bonchev–Trinajstić information content (AvgIpc) is 3.33. The number of hydrogen-bond donors (Lipinski definition) is 3. The normalized spacial score (nSPS) is 22.4. The van der Waals surface area contributed by atoms with Crippen LogP contribution in [-0.4, -0.2) is 34.0 Å². The lowest BCUT2D eigenvalue weighted by Crippen LogP contribution is -2.16. The number of aliphatic hydroxyl groups excluding tert-OH is 2. The van der Waals surface area contributed by atoms with Crippen molar-refractivity contribution in [3.8, 4) is 0 Å². The first-order valence-corrected chi connectivity index (χ1v) is 12.7. The molecule has 32 heavy (non-hydrogen) atoms. The third-order valence-corrected chi connectivity index (χ3v) is 8.20. The van der Waals surface area contributed by atoms with Crippen LogP contribution >= 0.6 is 22.9 Å². The molecule has 3 N–H and O–H groups in total. The quantitative estimate of drug-likeness (QED) is 0.250. The van der Waals surface area contributed by atoms with Crippen molar-refractivity contribution in [1.29, 1.82) is 0 Å². The number of carboxylic acid groups (broad SMARTS) is 1. The summed E-state index contributed by atoms with van der Waals surface area (Å²) in [6.45, 7) is 0.168. The Balaban J connectivity index is 1.51. The summed E-state index contributed by atoms with van der Waals surface area (Å²) in [5.74, 6) is 0.189. The first-order chi connectivity index (χ1) is 15.5. The van der Waals surface area contributed by atoms with Crippen LogP contribution in [0.15, 0.2) is 48.6 Å². The molecule has 1 fully saturated rings. The van der Waals surface area contributed by atoms with Gasteiger partial charge in [0.05, 0.1) is 11.1 Å². The Morgan fingerprint density at radius 3 is 2.75 bits per heavy atom. The molecule has 0 bridgehead atoms. The van der Waals surface area contributed by atoms with Gasteiger partial charge in [-0.05, 0) is 68.8 Å². The number of benzene rings is 1. The lowest BCUT2D eigenvalue weighted by Gasteiger charge is -2.20. The van der Waals surface area contributed by atoms with Crippen molar-refractivity contribution < 1.29 is 20.1 Å². The molecule has 174 valence electrons. The molecule has 3 rings (SSSR count). The minimum absolute atomic E-state index is 0.168. The Morgan fingerprint density at radius 1 is 1.22 bits per heavy atom. The topological polar surface area (TPSA) is 77.8 Å². The van der Waals surface area contributed by atoms with Gasteiger partial charge in [0.2, 0.25) is 0 Å². The molecule has 0 spiro atoms. The summed E-state index contributed by atoms with van der Waals surface area (Å²) in [5, 5.41) is 30.9. The van der Waals surface area contributed by atoms with Crippen LogP contribution in [0.5, 0.6) is 0 Å². The molecule has 1 aliphatic carbocycles. The summed E-state index contributed by atoms with van der Waals surface area (Å²) in [7, 11) is 0. The predicted octanol–water partition coefficient (Wildman–Crippen LogP) is 6.24. The van der Waals surface area contributed by atoms with E-state index in [0.29, 0.717) is 18.8 Å². The van der Waals surface area contributed by atoms with Crippen molar-refractivity contribution in [2.75, 3.05) is 6.61 Å². The summed E-state index contributed by atoms with van der Waals surface area (Å²) < 4.78 is 1.17. The predicted molar refractivity (Wildman–Crippen MR) is 132 cm³/mol.